The number of rotatable bonds is 4. The summed E-state index contributed by atoms with van der Waals surface area (Å²) in [5.41, 5.74) is 2.03. The number of hydrogen-bond acceptors (Lipinski definition) is 3. The van der Waals surface area contributed by atoms with Gasteiger partial charge in [0, 0.05) is 30.1 Å². The molecule has 2 N–H and O–H groups in total. The van der Waals surface area contributed by atoms with Gasteiger partial charge in [0.05, 0.1) is 11.7 Å². The number of aromatic nitrogens is 2. The summed E-state index contributed by atoms with van der Waals surface area (Å²) in [6, 6.07) is 0.212. The number of urea groups is 1. The molecule has 0 aliphatic heterocycles. The lowest BCUT2D eigenvalue weighted by atomic mass is 10.1. The average Bonchev–Trinajstić information content (AvgIpc) is 2.95. The Labute approximate surface area is 124 Å². The zero-order chi connectivity index (χ0) is 14.7. The molecule has 3 atom stereocenters. The molecule has 1 fully saturated rings. The van der Waals surface area contributed by atoms with Crippen molar-refractivity contribution < 1.29 is 4.79 Å². The van der Waals surface area contributed by atoms with Crippen molar-refractivity contribution in [2.75, 3.05) is 6.26 Å². The van der Waals surface area contributed by atoms with Crippen molar-refractivity contribution in [1.82, 2.24) is 20.4 Å². The number of hydrogen-bond donors (Lipinski definition) is 2. The Hall–Kier alpha value is -1.17. The van der Waals surface area contributed by atoms with Gasteiger partial charge in [-0.15, -0.1) is 0 Å². The molecule has 0 aromatic carbocycles. The molecule has 1 aliphatic carbocycles. The molecule has 20 heavy (non-hydrogen) atoms. The van der Waals surface area contributed by atoms with Gasteiger partial charge in [-0.25, -0.2) is 4.79 Å². The van der Waals surface area contributed by atoms with Gasteiger partial charge in [0.1, 0.15) is 0 Å². The normalized spacial score (nSPS) is 23.6. The van der Waals surface area contributed by atoms with Crippen molar-refractivity contribution in [3.8, 4) is 0 Å². The van der Waals surface area contributed by atoms with Gasteiger partial charge < -0.3 is 10.6 Å². The summed E-state index contributed by atoms with van der Waals surface area (Å²) in [5.74, 6) is 0. The minimum atomic E-state index is -0.0764. The first-order chi connectivity index (χ1) is 9.49. The Kier molecular flexibility index (Phi) is 4.96. The highest BCUT2D eigenvalue weighted by Gasteiger charge is 2.25. The summed E-state index contributed by atoms with van der Waals surface area (Å²) >= 11 is 1.90. The van der Waals surface area contributed by atoms with Crippen LogP contribution in [0.5, 0.6) is 0 Å². The zero-order valence-corrected chi connectivity index (χ0v) is 13.5. The average molecular weight is 296 g/mol. The highest BCUT2D eigenvalue weighted by molar-refractivity contribution is 7.99. The van der Waals surface area contributed by atoms with Crippen LogP contribution in [0.4, 0.5) is 4.79 Å². The van der Waals surface area contributed by atoms with E-state index in [2.05, 4.69) is 22.0 Å². The van der Waals surface area contributed by atoms with E-state index in [1.54, 1.807) is 4.68 Å². The zero-order valence-electron chi connectivity index (χ0n) is 12.6. The molecule has 6 heteroatoms. The van der Waals surface area contributed by atoms with Crippen molar-refractivity contribution in [3.63, 3.8) is 0 Å². The van der Waals surface area contributed by atoms with Crippen molar-refractivity contribution in [2.24, 2.45) is 7.05 Å². The van der Waals surface area contributed by atoms with E-state index in [4.69, 9.17) is 0 Å². The van der Waals surface area contributed by atoms with Crippen molar-refractivity contribution >= 4 is 17.8 Å². The predicted octanol–water partition coefficient (Wildman–Crippen LogP) is 2.37. The maximum Gasteiger partial charge on any atom is 0.315 e. The molecule has 0 spiro atoms. The molecule has 2 amide bonds. The van der Waals surface area contributed by atoms with Gasteiger partial charge in [-0.1, -0.05) is 0 Å². The van der Waals surface area contributed by atoms with E-state index in [9.17, 15) is 4.79 Å². The summed E-state index contributed by atoms with van der Waals surface area (Å²) < 4.78 is 1.78. The highest BCUT2D eigenvalue weighted by atomic mass is 32.2. The van der Waals surface area contributed by atoms with Crippen LogP contribution in [0, 0.1) is 6.92 Å². The lowest BCUT2D eigenvalue weighted by molar-refractivity contribution is 0.234. The van der Waals surface area contributed by atoms with Crippen molar-refractivity contribution in [2.45, 2.75) is 50.4 Å². The quantitative estimate of drug-likeness (QED) is 0.897. The van der Waals surface area contributed by atoms with Gasteiger partial charge >= 0.3 is 6.03 Å². The molecule has 1 aromatic rings. The second-order valence-corrected chi connectivity index (χ2v) is 6.69. The van der Waals surface area contributed by atoms with Crippen LogP contribution < -0.4 is 10.6 Å². The molecule has 0 radical (unpaired) electrons. The number of nitrogens with one attached hydrogen (secondary N) is 2. The molecule has 5 nitrogen and oxygen atoms in total. The van der Waals surface area contributed by atoms with E-state index in [0.29, 0.717) is 11.3 Å². The standard InChI is InChI=1S/C14H24N4OS/c1-9(13-8-18(3)17-10(13)2)15-14(19)16-11-5-6-12(7-11)20-4/h8-9,11-12H,5-7H2,1-4H3,(H2,15,16,19)/t9-,11+,12+/m0/s1. The first-order valence-electron chi connectivity index (χ1n) is 7.09. The van der Waals surface area contributed by atoms with Crippen LogP contribution in [-0.4, -0.2) is 33.4 Å². The lowest BCUT2D eigenvalue weighted by Crippen LogP contribution is -2.42. The number of aryl methyl sites for hydroxylation is 2. The third-order valence-electron chi connectivity index (χ3n) is 3.92. The van der Waals surface area contributed by atoms with E-state index in [0.717, 1.165) is 24.1 Å². The Morgan fingerprint density at radius 2 is 2.30 bits per heavy atom. The molecule has 1 aromatic heterocycles. The van der Waals surface area contributed by atoms with Crippen LogP contribution in [0.15, 0.2) is 6.20 Å². The Balaban J connectivity index is 1.84. The molecule has 1 aliphatic rings. The van der Waals surface area contributed by atoms with Crippen LogP contribution in [0.25, 0.3) is 0 Å². The summed E-state index contributed by atoms with van der Waals surface area (Å²) in [4.78, 5) is 12.0. The fraction of sp³-hybridized carbons (Fsp3) is 0.714. The first kappa shape index (κ1) is 15.2. The monoisotopic (exact) mass is 296 g/mol. The Morgan fingerprint density at radius 1 is 1.55 bits per heavy atom. The molecule has 0 saturated heterocycles. The molecular weight excluding hydrogens is 272 g/mol. The summed E-state index contributed by atoms with van der Waals surface area (Å²) in [5, 5.41) is 11.1. The third kappa shape index (κ3) is 3.69. The largest absolute Gasteiger partial charge is 0.335 e. The van der Waals surface area contributed by atoms with E-state index in [-0.39, 0.29) is 12.1 Å². The minimum Gasteiger partial charge on any atom is -0.335 e. The molecule has 1 heterocycles. The van der Waals surface area contributed by atoms with Gasteiger partial charge in [-0.3, -0.25) is 4.68 Å². The number of amides is 2. The van der Waals surface area contributed by atoms with Crippen molar-refractivity contribution in [1.29, 1.82) is 0 Å². The SMILES string of the molecule is CS[C@@H]1CC[C@@H](NC(=O)N[C@@H](C)c2cn(C)nc2C)C1. The maximum absolute atomic E-state index is 12.0. The lowest BCUT2D eigenvalue weighted by Gasteiger charge is -2.17. The van der Waals surface area contributed by atoms with Gasteiger partial charge in [0.25, 0.3) is 0 Å². The number of carbonyl (C=O) groups is 1. The predicted molar refractivity (Wildman–Crippen MR) is 83.0 cm³/mol. The fourth-order valence-corrected chi connectivity index (χ4v) is 3.63. The topological polar surface area (TPSA) is 59.0 Å². The molecule has 0 bridgehead atoms. The summed E-state index contributed by atoms with van der Waals surface area (Å²) in [6.45, 7) is 3.95. The second-order valence-electron chi connectivity index (χ2n) is 5.55. The first-order valence-corrected chi connectivity index (χ1v) is 8.38. The van der Waals surface area contributed by atoms with E-state index in [1.807, 2.05) is 38.9 Å². The Bertz CT molecular complexity index is 474. The van der Waals surface area contributed by atoms with Crippen LogP contribution in [0.3, 0.4) is 0 Å². The molecule has 1 saturated carbocycles. The number of nitrogens with zero attached hydrogens (tertiary/aromatic N) is 2. The fourth-order valence-electron chi connectivity index (χ4n) is 2.83. The van der Waals surface area contributed by atoms with Gasteiger partial charge in [-0.2, -0.15) is 16.9 Å². The van der Waals surface area contributed by atoms with E-state index >= 15 is 0 Å². The van der Waals surface area contributed by atoms with Gasteiger partial charge in [0.2, 0.25) is 0 Å². The number of carbonyl (C=O) groups excluding carboxylic acids is 1. The van der Waals surface area contributed by atoms with Gasteiger partial charge in [-0.05, 0) is 39.4 Å². The van der Waals surface area contributed by atoms with Gasteiger partial charge in [0.15, 0.2) is 0 Å². The molecule has 2 rings (SSSR count). The van der Waals surface area contributed by atoms with Crippen LogP contribution in [-0.2, 0) is 7.05 Å². The van der Waals surface area contributed by atoms with E-state index < -0.39 is 0 Å². The highest BCUT2D eigenvalue weighted by Crippen LogP contribution is 2.28. The van der Waals surface area contributed by atoms with Crippen LogP contribution >= 0.6 is 11.8 Å². The molecule has 112 valence electrons. The van der Waals surface area contributed by atoms with E-state index in [1.165, 1.54) is 6.42 Å². The molecular formula is C14H24N4OS. The summed E-state index contributed by atoms with van der Waals surface area (Å²) in [6.07, 6.45) is 7.46. The smallest absolute Gasteiger partial charge is 0.315 e. The number of thioether (sulfide) groups is 1. The van der Waals surface area contributed by atoms with Crippen LogP contribution in [0.2, 0.25) is 0 Å². The molecule has 0 unspecified atom stereocenters. The minimum absolute atomic E-state index is 0.0264. The second kappa shape index (κ2) is 6.52. The third-order valence-corrected chi connectivity index (χ3v) is 5.01. The maximum atomic E-state index is 12.0. The summed E-state index contributed by atoms with van der Waals surface area (Å²) in [7, 11) is 1.89. The van der Waals surface area contributed by atoms with Crippen molar-refractivity contribution in [3.05, 3.63) is 17.5 Å². The van der Waals surface area contributed by atoms with Crippen LogP contribution in [0.1, 0.15) is 43.5 Å². The Morgan fingerprint density at radius 3 is 2.85 bits per heavy atom.